The first-order chi connectivity index (χ1) is 13.0. The van der Waals surface area contributed by atoms with Crippen LogP contribution in [-0.4, -0.2) is 47.5 Å². The van der Waals surface area contributed by atoms with Gasteiger partial charge in [-0.25, -0.2) is 4.79 Å². The third-order valence-electron chi connectivity index (χ3n) is 3.92. The number of benzene rings is 2. The number of hydrogen-bond donors (Lipinski definition) is 2. The lowest BCUT2D eigenvalue weighted by Gasteiger charge is -2.18. The molecule has 0 fully saturated rings. The molecule has 142 valence electrons. The number of esters is 1. The highest BCUT2D eigenvalue weighted by atomic mass is 16.5. The topological polar surface area (TPSA) is 95.9 Å². The van der Waals surface area contributed by atoms with Crippen LogP contribution in [0.3, 0.4) is 0 Å². The summed E-state index contributed by atoms with van der Waals surface area (Å²) >= 11 is 0. The average molecular weight is 370 g/mol. The highest BCUT2D eigenvalue weighted by Crippen LogP contribution is 2.16. The Labute approximate surface area is 157 Å². The summed E-state index contributed by atoms with van der Waals surface area (Å²) in [5.41, 5.74) is 1.00. The molecule has 2 rings (SSSR count). The Kier molecular flexibility index (Phi) is 6.93. The number of phenolic OH excluding ortho intramolecular Hbond substituents is 1. The van der Waals surface area contributed by atoms with Crippen LogP contribution in [0, 0.1) is 0 Å². The predicted octanol–water partition coefficient (Wildman–Crippen LogP) is 2.67. The number of para-hydroxylation sites is 1. The van der Waals surface area contributed by atoms with Crippen molar-refractivity contribution in [1.29, 1.82) is 0 Å². The van der Waals surface area contributed by atoms with Gasteiger partial charge >= 0.3 is 5.97 Å². The molecule has 27 heavy (non-hydrogen) atoms. The minimum absolute atomic E-state index is 0.00966. The minimum atomic E-state index is -0.789. The zero-order valence-corrected chi connectivity index (χ0v) is 15.3. The molecule has 0 unspecified atom stereocenters. The van der Waals surface area contributed by atoms with Crippen LogP contribution in [0.15, 0.2) is 48.5 Å². The normalized spacial score (nSPS) is 10.1. The largest absolute Gasteiger partial charge is 0.507 e. The number of carbonyl (C=O) groups is 3. The van der Waals surface area contributed by atoms with Gasteiger partial charge in [0.25, 0.3) is 11.8 Å². The molecule has 0 aliphatic heterocycles. The quantitative estimate of drug-likeness (QED) is 0.731. The van der Waals surface area contributed by atoms with Crippen LogP contribution in [0.4, 0.5) is 5.69 Å². The van der Waals surface area contributed by atoms with Crippen LogP contribution >= 0.6 is 0 Å². The molecule has 7 heteroatoms. The van der Waals surface area contributed by atoms with E-state index in [1.54, 1.807) is 41.3 Å². The number of carbonyl (C=O) groups excluding carboxylic acids is 3. The number of ether oxygens (including phenoxy) is 1. The van der Waals surface area contributed by atoms with Crippen LogP contribution in [-0.2, 0) is 9.53 Å². The first kappa shape index (κ1) is 20.0. The van der Waals surface area contributed by atoms with E-state index in [0.29, 0.717) is 24.3 Å². The Bertz CT molecular complexity index is 813. The molecule has 0 aliphatic rings. The lowest BCUT2D eigenvalue weighted by molar-refractivity contribution is -0.119. The number of anilines is 1. The Balaban J connectivity index is 1.90. The number of amides is 2. The fraction of sp³-hybridized carbons (Fsp3) is 0.250. The van der Waals surface area contributed by atoms with Gasteiger partial charge in [0.2, 0.25) is 0 Å². The Morgan fingerprint density at radius 2 is 1.63 bits per heavy atom. The predicted molar refractivity (Wildman–Crippen MR) is 101 cm³/mol. The van der Waals surface area contributed by atoms with Crippen molar-refractivity contribution in [1.82, 2.24) is 4.90 Å². The molecule has 2 N–H and O–H groups in total. The lowest BCUT2D eigenvalue weighted by Crippen LogP contribution is -2.30. The zero-order chi connectivity index (χ0) is 19.8. The molecule has 0 aromatic heterocycles. The van der Waals surface area contributed by atoms with Crippen LogP contribution in [0.5, 0.6) is 5.75 Å². The Morgan fingerprint density at radius 1 is 1.00 bits per heavy atom. The molecule has 0 atom stereocenters. The van der Waals surface area contributed by atoms with Gasteiger partial charge in [0, 0.05) is 24.3 Å². The summed E-state index contributed by atoms with van der Waals surface area (Å²) in [7, 11) is 0. The fourth-order valence-corrected chi connectivity index (χ4v) is 2.44. The summed E-state index contributed by atoms with van der Waals surface area (Å²) < 4.78 is 4.89. The van der Waals surface area contributed by atoms with Gasteiger partial charge in [-0.2, -0.15) is 0 Å². The van der Waals surface area contributed by atoms with Crippen LogP contribution in [0.25, 0.3) is 0 Å². The number of rotatable bonds is 7. The van der Waals surface area contributed by atoms with Crippen molar-refractivity contribution in [3.8, 4) is 5.75 Å². The summed E-state index contributed by atoms with van der Waals surface area (Å²) in [6, 6.07) is 12.4. The summed E-state index contributed by atoms with van der Waals surface area (Å²) in [5, 5.41) is 12.2. The summed E-state index contributed by atoms with van der Waals surface area (Å²) in [4.78, 5) is 37.7. The summed E-state index contributed by atoms with van der Waals surface area (Å²) in [5.74, 6) is -1.60. The fourth-order valence-electron chi connectivity index (χ4n) is 2.44. The van der Waals surface area contributed by atoms with E-state index in [0.717, 1.165) is 0 Å². The number of phenols is 1. The molecule has 0 radical (unpaired) electrons. The smallest absolute Gasteiger partial charge is 0.342 e. The molecular formula is C20H22N2O5. The van der Waals surface area contributed by atoms with E-state index >= 15 is 0 Å². The molecule has 2 aromatic carbocycles. The standard InChI is InChI=1S/C20H22N2O5/c1-3-22(4-2)19(25)14-9-11-15(12-10-14)21-18(24)13-27-20(26)16-7-5-6-8-17(16)23/h5-12,23H,3-4,13H2,1-2H3,(H,21,24). The van der Waals surface area contributed by atoms with E-state index < -0.39 is 18.5 Å². The van der Waals surface area contributed by atoms with Crippen molar-refractivity contribution in [2.75, 3.05) is 25.0 Å². The third-order valence-corrected chi connectivity index (χ3v) is 3.92. The second kappa shape index (κ2) is 9.38. The second-order valence-corrected chi connectivity index (χ2v) is 5.70. The van der Waals surface area contributed by atoms with Crippen LogP contribution in [0.2, 0.25) is 0 Å². The van der Waals surface area contributed by atoms with Crippen molar-refractivity contribution >= 4 is 23.5 Å². The monoisotopic (exact) mass is 370 g/mol. The number of nitrogens with one attached hydrogen (secondary N) is 1. The van der Waals surface area contributed by atoms with Crippen molar-refractivity contribution in [3.63, 3.8) is 0 Å². The maximum atomic E-state index is 12.2. The molecule has 0 aliphatic carbocycles. The van der Waals surface area contributed by atoms with Crippen LogP contribution in [0.1, 0.15) is 34.6 Å². The molecular weight excluding hydrogens is 348 g/mol. The maximum Gasteiger partial charge on any atom is 0.342 e. The average Bonchev–Trinajstić information content (AvgIpc) is 2.68. The van der Waals surface area contributed by atoms with E-state index in [-0.39, 0.29) is 17.2 Å². The van der Waals surface area contributed by atoms with E-state index in [2.05, 4.69) is 5.32 Å². The van der Waals surface area contributed by atoms with E-state index in [9.17, 15) is 19.5 Å². The van der Waals surface area contributed by atoms with E-state index in [1.807, 2.05) is 13.8 Å². The molecule has 0 spiro atoms. The SMILES string of the molecule is CCN(CC)C(=O)c1ccc(NC(=O)COC(=O)c2ccccc2O)cc1. The van der Waals surface area contributed by atoms with Crippen molar-refractivity contribution in [2.24, 2.45) is 0 Å². The molecule has 0 saturated heterocycles. The van der Waals surface area contributed by atoms with Crippen molar-refractivity contribution < 1.29 is 24.2 Å². The van der Waals surface area contributed by atoms with Gasteiger partial charge in [0.15, 0.2) is 6.61 Å². The highest BCUT2D eigenvalue weighted by Gasteiger charge is 2.15. The van der Waals surface area contributed by atoms with Gasteiger partial charge in [0.05, 0.1) is 0 Å². The Hall–Kier alpha value is -3.35. The van der Waals surface area contributed by atoms with Crippen molar-refractivity contribution in [2.45, 2.75) is 13.8 Å². The van der Waals surface area contributed by atoms with E-state index in [4.69, 9.17) is 4.74 Å². The number of aromatic hydroxyl groups is 1. The highest BCUT2D eigenvalue weighted by molar-refractivity contribution is 5.97. The first-order valence-corrected chi connectivity index (χ1v) is 8.60. The number of hydrogen-bond acceptors (Lipinski definition) is 5. The maximum absolute atomic E-state index is 12.2. The van der Waals surface area contributed by atoms with Gasteiger partial charge in [-0.1, -0.05) is 12.1 Å². The molecule has 2 amide bonds. The Morgan fingerprint density at radius 3 is 2.22 bits per heavy atom. The molecule has 0 saturated carbocycles. The minimum Gasteiger partial charge on any atom is -0.507 e. The van der Waals surface area contributed by atoms with Gasteiger partial charge < -0.3 is 20.1 Å². The van der Waals surface area contributed by atoms with Gasteiger partial charge in [0.1, 0.15) is 11.3 Å². The van der Waals surface area contributed by atoms with E-state index in [1.165, 1.54) is 12.1 Å². The van der Waals surface area contributed by atoms with Gasteiger partial charge in [-0.05, 0) is 50.2 Å². The van der Waals surface area contributed by atoms with Gasteiger partial charge in [-0.3, -0.25) is 9.59 Å². The van der Waals surface area contributed by atoms with Gasteiger partial charge in [-0.15, -0.1) is 0 Å². The third kappa shape index (κ3) is 5.31. The molecule has 2 aromatic rings. The molecule has 0 heterocycles. The van der Waals surface area contributed by atoms with Crippen LogP contribution < -0.4 is 5.32 Å². The molecule has 0 bridgehead atoms. The zero-order valence-electron chi connectivity index (χ0n) is 15.3. The number of nitrogens with zero attached hydrogens (tertiary/aromatic N) is 1. The summed E-state index contributed by atoms with van der Waals surface area (Å²) in [6.45, 7) is 4.57. The summed E-state index contributed by atoms with van der Waals surface area (Å²) in [6.07, 6.45) is 0. The lowest BCUT2D eigenvalue weighted by atomic mass is 10.1. The first-order valence-electron chi connectivity index (χ1n) is 8.60. The second-order valence-electron chi connectivity index (χ2n) is 5.70. The molecule has 7 nitrogen and oxygen atoms in total. The van der Waals surface area contributed by atoms with Crippen molar-refractivity contribution in [3.05, 3.63) is 59.7 Å².